The third-order valence-electron chi connectivity index (χ3n) is 1.46. The van der Waals surface area contributed by atoms with Gasteiger partial charge in [-0.05, 0) is 33.7 Å². The molecule has 0 bridgehead atoms. The second kappa shape index (κ2) is 5.27. The molecule has 0 aliphatic heterocycles. The Balaban J connectivity index is 3.65. The van der Waals surface area contributed by atoms with Crippen molar-refractivity contribution < 1.29 is 9.53 Å². The first-order valence-electron chi connectivity index (χ1n) is 4.29. The summed E-state index contributed by atoms with van der Waals surface area (Å²) in [6.07, 6.45) is 1.62. The van der Waals surface area contributed by atoms with Crippen LogP contribution in [0.5, 0.6) is 0 Å². The standard InChI is InChI=1S/C9H19NO2/c1-9(2,3)12-7-8(6-11)4-5-10/h6,8H,4-5,7,10H2,1-3H3. The molecule has 0 aromatic carbocycles. The smallest absolute Gasteiger partial charge is 0.125 e. The molecule has 12 heavy (non-hydrogen) atoms. The Hall–Kier alpha value is -0.410. The first-order chi connectivity index (χ1) is 5.49. The van der Waals surface area contributed by atoms with Crippen molar-refractivity contribution in [1.82, 2.24) is 0 Å². The van der Waals surface area contributed by atoms with Gasteiger partial charge in [-0.3, -0.25) is 0 Å². The highest BCUT2D eigenvalue weighted by molar-refractivity contribution is 5.53. The van der Waals surface area contributed by atoms with E-state index in [0.717, 1.165) is 6.29 Å². The monoisotopic (exact) mass is 173 g/mol. The van der Waals surface area contributed by atoms with Gasteiger partial charge in [-0.25, -0.2) is 0 Å². The summed E-state index contributed by atoms with van der Waals surface area (Å²) in [5, 5.41) is 0. The van der Waals surface area contributed by atoms with Crippen LogP contribution in [0.15, 0.2) is 0 Å². The van der Waals surface area contributed by atoms with E-state index in [1.807, 2.05) is 20.8 Å². The van der Waals surface area contributed by atoms with Crippen molar-refractivity contribution in [2.24, 2.45) is 11.7 Å². The molecular formula is C9H19NO2. The van der Waals surface area contributed by atoms with Crippen molar-refractivity contribution >= 4 is 6.29 Å². The fourth-order valence-electron chi connectivity index (χ4n) is 0.762. The second-order valence-corrected chi connectivity index (χ2v) is 3.90. The number of rotatable bonds is 5. The quantitative estimate of drug-likeness (QED) is 0.630. The molecule has 0 fully saturated rings. The summed E-state index contributed by atoms with van der Waals surface area (Å²) in [6, 6.07) is 0. The minimum absolute atomic E-state index is 0.0470. The summed E-state index contributed by atoms with van der Waals surface area (Å²) >= 11 is 0. The minimum Gasteiger partial charge on any atom is -0.375 e. The second-order valence-electron chi connectivity index (χ2n) is 3.90. The Bertz CT molecular complexity index is 129. The topological polar surface area (TPSA) is 52.3 Å². The lowest BCUT2D eigenvalue weighted by Crippen LogP contribution is -2.25. The molecule has 0 aliphatic rings. The van der Waals surface area contributed by atoms with E-state index in [9.17, 15) is 4.79 Å². The first kappa shape index (κ1) is 11.6. The Kier molecular flexibility index (Phi) is 5.09. The van der Waals surface area contributed by atoms with E-state index < -0.39 is 0 Å². The molecule has 2 N–H and O–H groups in total. The Morgan fingerprint density at radius 1 is 1.50 bits per heavy atom. The molecule has 0 amide bonds. The average molecular weight is 173 g/mol. The number of aldehydes is 1. The van der Waals surface area contributed by atoms with Gasteiger partial charge < -0.3 is 15.3 Å². The summed E-state index contributed by atoms with van der Waals surface area (Å²) in [5.41, 5.74) is 5.16. The highest BCUT2D eigenvalue weighted by atomic mass is 16.5. The van der Waals surface area contributed by atoms with E-state index in [1.165, 1.54) is 0 Å². The molecule has 0 aromatic rings. The SMILES string of the molecule is CC(C)(C)OCC(C=O)CCN. The number of ether oxygens (including phenoxy) is 1. The average Bonchev–Trinajstić information content (AvgIpc) is 1.96. The van der Waals surface area contributed by atoms with Crippen LogP contribution >= 0.6 is 0 Å². The van der Waals surface area contributed by atoms with Gasteiger partial charge >= 0.3 is 0 Å². The fraction of sp³-hybridized carbons (Fsp3) is 0.889. The maximum atomic E-state index is 10.5. The van der Waals surface area contributed by atoms with Gasteiger partial charge in [0.25, 0.3) is 0 Å². The molecule has 3 nitrogen and oxygen atoms in total. The molecule has 0 rings (SSSR count). The summed E-state index contributed by atoms with van der Waals surface area (Å²) in [6.45, 7) is 6.92. The highest BCUT2D eigenvalue weighted by Gasteiger charge is 2.14. The molecule has 0 radical (unpaired) electrons. The molecular weight excluding hydrogens is 154 g/mol. The maximum Gasteiger partial charge on any atom is 0.125 e. The van der Waals surface area contributed by atoms with Crippen molar-refractivity contribution in [3.63, 3.8) is 0 Å². The zero-order chi connectivity index (χ0) is 9.61. The van der Waals surface area contributed by atoms with Crippen molar-refractivity contribution in [2.45, 2.75) is 32.8 Å². The molecule has 1 atom stereocenters. The van der Waals surface area contributed by atoms with Gasteiger partial charge in [0.2, 0.25) is 0 Å². The minimum atomic E-state index is -0.171. The van der Waals surface area contributed by atoms with Crippen LogP contribution < -0.4 is 5.73 Å². The predicted molar refractivity (Wildman–Crippen MR) is 48.9 cm³/mol. The van der Waals surface area contributed by atoms with Crippen LogP contribution in [-0.4, -0.2) is 25.0 Å². The zero-order valence-electron chi connectivity index (χ0n) is 8.17. The summed E-state index contributed by atoms with van der Waals surface area (Å²) in [4.78, 5) is 10.5. The van der Waals surface area contributed by atoms with Crippen molar-refractivity contribution in [1.29, 1.82) is 0 Å². The van der Waals surface area contributed by atoms with Gasteiger partial charge in [0.15, 0.2) is 0 Å². The molecule has 72 valence electrons. The predicted octanol–water partition coefficient (Wildman–Crippen LogP) is 0.965. The Morgan fingerprint density at radius 3 is 2.42 bits per heavy atom. The van der Waals surface area contributed by atoms with Gasteiger partial charge in [-0.1, -0.05) is 0 Å². The Labute approximate surface area is 74.3 Å². The van der Waals surface area contributed by atoms with Gasteiger partial charge in [-0.2, -0.15) is 0 Å². The lowest BCUT2D eigenvalue weighted by atomic mass is 10.1. The summed E-state index contributed by atoms with van der Waals surface area (Å²) in [7, 11) is 0. The number of nitrogens with two attached hydrogens (primary N) is 1. The lowest BCUT2D eigenvalue weighted by molar-refractivity contribution is -0.115. The molecule has 0 aliphatic carbocycles. The van der Waals surface area contributed by atoms with E-state index in [0.29, 0.717) is 19.6 Å². The van der Waals surface area contributed by atoms with E-state index in [-0.39, 0.29) is 11.5 Å². The number of hydrogen-bond donors (Lipinski definition) is 1. The molecule has 1 unspecified atom stereocenters. The molecule has 0 saturated heterocycles. The Morgan fingerprint density at radius 2 is 2.08 bits per heavy atom. The van der Waals surface area contributed by atoms with E-state index in [4.69, 9.17) is 10.5 Å². The highest BCUT2D eigenvalue weighted by Crippen LogP contribution is 2.09. The molecule has 0 spiro atoms. The molecule has 0 aromatic heterocycles. The van der Waals surface area contributed by atoms with Crippen molar-refractivity contribution in [3.8, 4) is 0 Å². The van der Waals surface area contributed by atoms with Crippen LogP contribution in [0.4, 0.5) is 0 Å². The zero-order valence-corrected chi connectivity index (χ0v) is 8.17. The van der Waals surface area contributed by atoms with Crippen molar-refractivity contribution in [2.75, 3.05) is 13.2 Å². The maximum absolute atomic E-state index is 10.5. The van der Waals surface area contributed by atoms with Gasteiger partial charge in [-0.15, -0.1) is 0 Å². The van der Waals surface area contributed by atoms with Crippen LogP contribution in [-0.2, 0) is 9.53 Å². The van der Waals surface area contributed by atoms with Crippen molar-refractivity contribution in [3.05, 3.63) is 0 Å². The van der Waals surface area contributed by atoms with Gasteiger partial charge in [0, 0.05) is 5.92 Å². The molecule has 3 heteroatoms. The molecule has 0 heterocycles. The van der Waals surface area contributed by atoms with Crippen LogP contribution in [0, 0.1) is 5.92 Å². The van der Waals surface area contributed by atoms with E-state index in [1.54, 1.807) is 0 Å². The normalized spacial score (nSPS) is 14.3. The van der Waals surface area contributed by atoms with Gasteiger partial charge in [0.05, 0.1) is 12.2 Å². The van der Waals surface area contributed by atoms with Crippen LogP contribution in [0.1, 0.15) is 27.2 Å². The third kappa shape index (κ3) is 6.31. The number of carbonyl (C=O) groups excluding carboxylic acids is 1. The lowest BCUT2D eigenvalue weighted by Gasteiger charge is -2.21. The van der Waals surface area contributed by atoms with Crippen LogP contribution in [0.25, 0.3) is 0 Å². The number of hydrogen-bond acceptors (Lipinski definition) is 3. The fourth-order valence-corrected chi connectivity index (χ4v) is 0.762. The van der Waals surface area contributed by atoms with E-state index in [2.05, 4.69) is 0 Å². The summed E-state index contributed by atoms with van der Waals surface area (Å²) < 4.78 is 5.45. The number of carbonyl (C=O) groups is 1. The molecule has 0 saturated carbocycles. The summed E-state index contributed by atoms with van der Waals surface area (Å²) in [5.74, 6) is -0.0470. The van der Waals surface area contributed by atoms with Crippen LogP contribution in [0.3, 0.4) is 0 Å². The van der Waals surface area contributed by atoms with Gasteiger partial charge in [0.1, 0.15) is 6.29 Å². The van der Waals surface area contributed by atoms with E-state index >= 15 is 0 Å². The largest absolute Gasteiger partial charge is 0.375 e. The first-order valence-corrected chi connectivity index (χ1v) is 4.29. The third-order valence-corrected chi connectivity index (χ3v) is 1.46. The van der Waals surface area contributed by atoms with Crippen LogP contribution in [0.2, 0.25) is 0 Å².